The van der Waals surface area contributed by atoms with Crippen LogP contribution in [0.25, 0.3) is 34.0 Å². The normalized spacial score (nSPS) is 12.0. The molecule has 0 bridgehead atoms. The Morgan fingerprint density at radius 3 is 2.43 bits per heavy atom. The zero-order valence-electron chi connectivity index (χ0n) is 18.6. The monoisotopic (exact) mass is 472 g/mol. The van der Waals surface area contributed by atoms with E-state index in [0.717, 1.165) is 28.9 Å². The third kappa shape index (κ3) is 4.66. The SMILES string of the molecule is Cc1ccc(-c2nn(-c3ccccc3)cc2C=CC(=O)c2cc3ccc(C(F)(F)F)cc3o2)cc1. The van der Waals surface area contributed by atoms with Gasteiger partial charge in [0.1, 0.15) is 5.58 Å². The van der Waals surface area contributed by atoms with Gasteiger partial charge in [-0.05, 0) is 49.4 Å². The summed E-state index contributed by atoms with van der Waals surface area (Å²) >= 11 is 0. The van der Waals surface area contributed by atoms with Gasteiger partial charge in [-0.1, -0.05) is 54.1 Å². The van der Waals surface area contributed by atoms with E-state index in [1.54, 1.807) is 10.8 Å². The molecule has 0 radical (unpaired) electrons. The fourth-order valence-corrected chi connectivity index (χ4v) is 3.73. The number of hydrogen-bond donors (Lipinski definition) is 0. The number of carbonyl (C=O) groups is 1. The largest absolute Gasteiger partial charge is 0.453 e. The van der Waals surface area contributed by atoms with Gasteiger partial charge in [0.05, 0.1) is 16.9 Å². The van der Waals surface area contributed by atoms with Gasteiger partial charge in [-0.15, -0.1) is 0 Å². The fourth-order valence-electron chi connectivity index (χ4n) is 3.73. The number of para-hydroxylation sites is 1. The molecule has 0 N–H and O–H groups in total. The van der Waals surface area contributed by atoms with Crippen LogP contribution >= 0.6 is 0 Å². The summed E-state index contributed by atoms with van der Waals surface area (Å²) in [6.07, 6.45) is 0.309. The van der Waals surface area contributed by atoms with Crippen LogP contribution in [-0.4, -0.2) is 15.6 Å². The Morgan fingerprint density at radius 2 is 1.71 bits per heavy atom. The van der Waals surface area contributed by atoms with Crippen molar-refractivity contribution in [2.24, 2.45) is 0 Å². The molecule has 0 unspecified atom stereocenters. The highest BCUT2D eigenvalue weighted by atomic mass is 19.4. The topological polar surface area (TPSA) is 48.0 Å². The van der Waals surface area contributed by atoms with E-state index in [9.17, 15) is 18.0 Å². The summed E-state index contributed by atoms with van der Waals surface area (Å²) in [6, 6.07) is 22.1. The second-order valence-electron chi connectivity index (χ2n) is 8.14. The number of benzene rings is 3. The van der Waals surface area contributed by atoms with Gasteiger partial charge in [-0.2, -0.15) is 18.3 Å². The van der Waals surface area contributed by atoms with Crippen LogP contribution in [0.3, 0.4) is 0 Å². The first-order valence-corrected chi connectivity index (χ1v) is 10.8. The molecule has 2 aromatic heterocycles. The predicted molar refractivity (Wildman–Crippen MR) is 128 cm³/mol. The van der Waals surface area contributed by atoms with Crippen molar-refractivity contribution in [1.82, 2.24) is 9.78 Å². The van der Waals surface area contributed by atoms with Crippen molar-refractivity contribution in [2.45, 2.75) is 13.1 Å². The number of ketones is 1. The lowest BCUT2D eigenvalue weighted by Gasteiger charge is -2.04. The molecule has 174 valence electrons. The number of aryl methyl sites for hydroxylation is 1. The molecule has 0 aliphatic carbocycles. The zero-order chi connectivity index (χ0) is 24.6. The lowest BCUT2D eigenvalue weighted by Crippen LogP contribution is -2.03. The second kappa shape index (κ2) is 8.76. The van der Waals surface area contributed by atoms with Crippen molar-refractivity contribution in [3.63, 3.8) is 0 Å². The number of rotatable bonds is 5. The van der Waals surface area contributed by atoms with Gasteiger partial charge in [-0.25, -0.2) is 4.68 Å². The van der Waals surface area contributed by atoms with E-state index in [0.29, 0.717) is 16.6 Å². The highest BCUT2D eigenvalue weighted by Gasteiger charge is 2.31. The fraction of sp³-hybridized carbons (Fsp3) is 0.0714. The second-order valence-corrected chi connectivity index (χ2v) is 8.14. The predicted octanol–water partition coefficient (Wildman–Crippen LogP) is 7.51. The highest BCUT2D eigenvalue weighted by molar-refractivity contribution is 6.07. The van der Waals surface area contributed by atoms with Gasteiger partial charge >= 0.3 is 6.18 Å². The molecule has 2 heterocycles. The van der Waals surface area contributed by atoms with Crippen molar-refractivity contribution in [3.05, 3.63) is 114 Å². The van der Waals surface area contributed by atoms with Crippen molar-refractivity contribution >= 4 is 22.8 Å². The highest BCUT2D eigenvalue weighted by Crippen LogP contribution is 2.32. The Morgan fingerprint density at radius 1 is 0.971 bits per heavy atom. The van der Waals surface area contributed by atoms with Crippen molar-refractivity contribution in [2.75, 3.05) is 0 Å². The van der Waals surface area contributed by atoms with E-state index in [-0.39, 0.29) is 11.3 Å². The molecular formula is C28H19F3N2O2. The van der Waals surface area contributed by atoms with Crippen molar-refractivity contribution in [1.29, 1.82) is 0 Å². The van der Waals surface area contributed by atoms with Crippen LogP contribution in [0.5, 0.6) is 0 Å². The summed E-state index contributed by atoms with van der Waals surface area (Å²) < 4.78 is 46.1. The van der Waals surface area contributed by atoms with Crippen LogP contribution in [0.4, 0.5) is 13.2 Å². The minimum atomic E-state index is -4.49. The van der Waals surface area contributed by atoms with Gasteiger partial charge in [0.2, 0.25) is 5.78 Å². The maximum atomic E-state index is 13.0. The Bertz CT molecular complexity index is 1540. The number of hydrogen-bond acceptors (Lipinski definition) is 3. The minimum absolute atomic E-state index is 0.00816. The van der Waals surface area contributed by atoms with Crippen LogP contribution in [0, 0.1) is 6.92 Å². The van der Waals surface area contributed by atoms with E-state index in [1.165, 1.54) is 18.2 Å². The molecule has 0 aliphatic heterocycles. The first kappa shape index (κ1) is 22.4. The van der Waals surface area contributed by atoms with Crippen LogP contribution < -0.4 is 0 Å². The molecule has 5 rings (SSSR count). The molecule has 0 saturated heterocycles. The summed E-state index contributed by atoms with van der Waals surface area (Å²) in [5, 5.41) is 5.15. The molecule has 4 nitrogen and oxygen atoms in total. The Balaban J connectivity index is 1.49. The lowest BCUT2D eigenvalue weighted by atomic mass is 10.1. The molecule has 0 spiro atoms. The molecule has 0 fully saturated rings. The average Bonchev–Trinajstić information content (AvgIpc) is 3.47. The maximum absolute atomic E-state index is 13.0. The molecule has 0 atom stereocenters. The number of alkyl halides is 3. The Labute approximate surface area is 198 Å². The molecule has 35 heavy (non-hydrogen) atoms. The van der Waals surface area contributed by atoms with Crippen LogP contribution in [-0.2, 0) is 6.18 Å². The van der Waals surface area contributed by atoms with E-state index < -0.39 is 17.5 Å². The smallest absolute Gasteiger partial charge is 0.416 e. The van der Waals surface area contributed by atoms with Gasteiger partial charge < -0.3 is 4.42 Å². The number of aromatic nitrogens is 2. The van der Waals surface area contributed by atoms with E-state index >= 15 is 0 Å². The van der Waals surface area contributed by atoms with E-state index in [2.05, 4.69) is 0 Å². The number of halogens is 3. The van der Waals surface area contributed by atoms with E-state index in [4.69, 9.17) is 9.52 Å². The van der Waals surface area contributed by atoms with Gasteiger partial charge in [0.15, 0.2) is 5.76 Å². The summed E-state index contributed by atoms with van der Waals surface area (Å²) in [7, 11) is 0. The molecule has 7 heteroatoms. The average molecular weight is 472 g/mol. The summed E-state index contributed by atoms with van der Waals surface area (Å²) in [6.45, 7) is 2.00. The third-order valence-electron chi connectivity index (χ3n) is 5.59. The number of nitrogens with zero attached hydrogens (tertiary/aromatic N) is 2. The number of furan rings is 1. The molecule has 0 amide bonds. The van der Waals surface area contributed by atoms with Crippen molar-refractivity contribution in [3.8, 4) is 16.9 Å². The van der Waals surface area contributed by atoms with Gasteiger partial charge in [0.25, 0.3) is 0 Å². The standard InChI is InChI=1S/C28H19F3N2O2/c1-18-7-9-19(10-8-18)27-21(17-33(32-27)23-5-3-2-4-6-23)12-14-24(34)26-15-20-11-13-22(28(29,30)31)16-25(20)35-26/h2-17H,1H3. The molecule has 0 aliphatic rings. The zero-order valence-corrected chi connectivity index (χ0v) is 18.6. The summed E-state index contributed by atoms with van der Waals surface area (Å²) in [4.78, 5) is 12.8. The van der Waals surface area contributed by atoms with Crippen LogP contribution in [0.15, 0.2) is 95.6 Å². The molecule has 0 saturated carbocycles. The molecule has 3 aromatic carbocycles. The maximum Gasteiger partial charge on any atom is 0.416 e. The quantitative estimate of drug-likeness (QED) is 0.196. The summed E-state index contributed by atoms with van der Waals surface area (Å²) in [5.74, 6) is -0.500. The lowest BCUT2D eigenvalue weighted by molar-refractivity contribution is -0.137. The number of allylic oxidation sites excluding steroid dienone is 1. The summed E-state index contributed by atoms with van der Waals surface area (Å²) in [5.41, 5.74) is 3.45. The first-order chi connectivity index (χ1) is 16.8. The Hall–Kier alpha value is -4.39. The minimum Gasteiger partial charge on any atom is -0.453 e. The first-order valence-electron chi connectivity index (χ1n) is 10.8. The molecule has 5 aromatic rings. The molecular weight excluding hydrogens is 453 g/mol. The van der Waals surface area contributed by atoms with E-state index in [1.807, 2.05) is 67.7 Å². The Kier molecular flexibility index (Phi) is 5.61. The van der Waals surface area contributed by atoms with Crippen LogP contribution in [0.2, 0.25) is 0 Å². The van der Waals surface area contributed by atoms with Gasteiger partial charge in [-0.3, -0.25) is 4.79 Å². The third-order valence-corrected chi connectivity index (χ3v) is 5.59. The number of carbonyl (C=O) groups excluding carboxylic acids is 1. The van der Waals surface area contributed by atoms with Gasteiger partial charge in [0, 0.05) is 22.7 Å². The van der Waals surface area contributed by atoms with Crippen LogP contribution in [0.1, 0.15) is 27.2 Å². The number of fused-ring (bicyclic) bond motifs is 1. The van der Waals surface area contributed by atoms with Crippen molar-refractivity contribution < 1.29 is 22.4 Å².